The second-order valence-corrected chi connectivity index (χ2v) is 4.90. The number of carboxylic acids is 1. The lowest BCUT2D eigenvalue weighted by Crippen LogP contribution is -2.44. The average molecular weight is 213 g/mol. The van der Waals surface area contributed by atoms with Crippen LogP contribution in [-0.4, -0.2) is 30.8 Å². The number of rotatable bonds is 7. The number of carbonyl (C=O) groups is 1. The zero-order valence-corrected chi connectivity index (χ0v) is 8.95. The highest BCUT2D eigenvalue weighted by Crippen LogP contribution is 2.45. The van der Waals surface area contributed by atoms with Gasteiger partial charge in [-0.25, -0.2) is 0 Å². The van der Waals surface area contributed by atoms with Gasteiger partial charge in [0.1, 0.15) is 5.41 Å². The van der Waals surface area contributed by atoms with Crippen molar-refractivity contribution in [1.29, 1.82) is 0 Å². The van der Waals surface area contributed by atoms with Crippen LogP contribution >= 0.6 is 0 Å². The van der Waals surface area contributed by atoms with Crippen molar-refractivity contribution in [2.45, 2.75) is 25.7 Å². The minimum absolute atomic E-state index is 0.192. The van der Waals surface area contributed by atoms with Gasteiger partial charge in [0, 0.05) is 13.2 Å². The molecule has 0 heterocycles. The summed E-state index contributed by atoms with van der Waals surface area (Å²) in [5.41, 5.74) is 4.81. The van der Waals surface area contributed by atoms with E-state index in [9.17, 15) is 9.90 Å². The average Bonchev–Trinajstić information content (AvgIpc) is 3.00. The van der Waals surface area contributed by atoms with Gasteiger partial charge in [0.15, 0.2) is 0 Å². The summed E-state index contributed by atoms with van der Waals surface area (Å²) in [6.07, 6.45) is 4.42. The van der Waals surface area contributed by atoms with Crippen LogP contribution < -0.4 is 5.73 Å². The summed E-state index contributed by atoms with van der Waals surface area (Å²) >= 11 is 0. The molecule has 2 aliphatic carbocycles. The number of hydrogen-bond donors (Lipinski definition) is 2. The van der Waals surface area contributed by atoms with Gasteiger partial charge >= 0.3 is 5.97 Å². The Bertz CT molecular complexity index is 248. The molecule has 0 aromatic rings. The highest BCUT2D eigenvalue weighted by Gasteiger charge is 2.50. The van der Waals surface area contributed by atoms with Crippen LogP contribution in [0.25, 0.3) is 0 Å². The Morgan fingerprint density at radius 2 is 2.07 bits per heavy atom. The molecule has 15 heavy (non-hydrogen) atoms. The van der Waals surface area contributed by atoms with Crippen molar-refractivity contribution < 1.29 is 14.6 Å². The minimum atomic E-state index is -0.811. The first-order chi connectivity index (χ1) is 7.19. The van der Waals surface area contributed by atoms with E-state index in [1.807, 2.05) is 0 Å². The van der Waals surface area contributed by atoms with Crippen molar-refractivity contribution in [3.8, 4) is 0 Å². The van der Waals surface area contributed by atoms with Gasteiger partial charge in [-0.05, 0) is 37.5 Å². The highest BCUT2D eigenvalue weighted by atomic mass is 16.5. The molecule has 0 bridgehead atoms. The molecule has 2 aliphatic rings. The molecule has 2 fully saturated rings. The van der Waals surface area contributed by atoms with Gasteiger partial charge in [0.05, 0.1) is 6.61 Å². The monoisotopic (exact) mass is 213 g/mol. The highest BCUT2D eigenvalue weighted by molar-refractivity contribution is 5.76. The summed E-state index contributed by atoms with van der Waals surface area (Å²) in [7, 11) is 0. The summed E-state index contributed by atoms with van der Waals surface area (Å²) in [4.78, 5) is 11.3. The van der Waals surface area contributed by atoms with Gasteiger partial charge in [0.2, 0.25) is 0 Å². The van der Waals surface area contributed by atoms with Gasteiger partial charge in [-0.2, -0.15) is 0 Å². The Kier molecular flexibility index (Phi) is 2.98. The number of aliphatic carboxylic acids is 1. The second kappa shape index (κ2) is 4.10. The van der Waals surface area contributed by atoms with Crippen LogP contribution in [0.1, 0.15) is 25.7 Å². The zero-order chi connectivity index (χ0) is 10.9. The molecule has 0 aliphatic heterocycles. The maximum Gasteiger partial charge on any atom is 0.313 e. The lowest BCUT2D eigenvalue weighted by atomic mass is 9.83. The Morgan fingerprint density at radius 1 is 1.40 bits per heavy atom. The van der Waals surface area contributed by atoms with Crippen molar-refractivity contribution in [3.63, 3.8) is 0 Å². The van der Waals surface area contributed by atoms with Gasteiger partial charge in [-0.1, -0.05) is 0 Å². The van der Waals surface area contributed by atoms with Gasteiger partial charge < -0.3 is 15.6 Å². The fraction of sp³-hybridized carbons (Fsp3) is 0.909. The van der Waals surface area contributed by atoms with Crippen molar-refractivity contribution in [3.05, 3.63) is 0 Å². The van der Waals surface area contributed by atoms with Crippen molar-refractivity contribution in [2.75, 3.05) is 19.8 Å². The predicted octanol–water partition coefficient (Wildman–Crippen LogP) is 0.853. The molecule has 0 amide bonds. The summed E-state index contributed by atoms with van der Waals surface area (Å²) in [5, 5.41) is 9.26. The molecule has 2 rings (SSSR count). The summed E-state index contributed by atoms with van der Waals surface area (Å²) in [6, 6.07) is 0. The zero-order valence-electron chi connectivity index (χ0n) is 8.95. The van der Waals surface area contributed by atoms with Crippen molar-refractivity contribution in [2.24, 2.45) is 23.0 Å². The molecular weight excluding hydrogens is 194 g/mol. The summed E-state index contributed by atoms with van der Waals surface area (Å²) < 4.78 is 5.52. The van der Waals surface area contributed by atoms with E-state index in [-0.39, 0.29) is 12.5 Å². The van der Waals surface area contributed by atoms with E-state index in [1.165, 1.54) is 12.8 Å². The molecule has 86 valence electrons. The third kappa shape index (κ3) is 2.32. The predicted molar refractivity (Wildman–Crippen MR) is 55.4 cm³/mol. The minimum Gasteiger partial charge on any atom is -0.481 e. The fourth-order valence-electron chi connectivity index (χ4n) is 2.00. The van der Waals surface area contributed by atoms with Crippen LogP contribution in [0.15, 0.2) is 0 Å². The third-order valence-electron chi connectivity index (χ3n) is 3.56. The molecule has 3 N–H and O–H groups in total. The quantitative estimate of drug-likeness (QED) is 0.657. The molecule has 4 nitrogen and oxygen atoms in total. The van der Waals surface area contributed by atoms with Gasteiger partial charge in [-0.3, -0.25) is 4.79 Å². The molecule has 1 atom stereocenters. The normalized spacial score (nSPS) is 24.9. The summed E-state index contributed by atoms with van der Waals surface area (Å²) in [6.45, 7) is 1.19. The molecule has 0 saturated heterocycles. The number of nitrogens with two attached hydrogens (primary N) is 1. The van der Waals surface area contributed by atoms with E-state index < -0.39 is 11.4 Å². The smallest absolute Gasteiger partial charge is 0.313 e. The number of carboxylic acid groups (broad SMARTS) is 1. The van der Waals surface area contributed by atoms with E-state index in [0.29, 0.717) is 19.1 Å². The Labute approximate surface area is 89.8 Å². The van der Waals surface area contributed by atoms with Gasteiger partial charge in [0.25, 0.3) is 0 Å². The van der Waals surface area contributed by atoms with Crippen LogP contribution in [0.3, 0.4) is 0 Å². The first-order valence-electron chi connectivity index (χ1n) is 5.70. The van der Waals surface area contributed by atoms with Crippen LogP contribution in [0.4, 0.5) is 0 Å². The fourth-order valence-corrected chi connectivity index (χ4v) is 2.00. The van der Waals surface area contributed by atoms with Crippen LogP contribution in [0, 0.1) is 17.3 Å². The molecule has 2 saturated carbocycles. The van der Waals surface area contributed by atoms with Crippen molar-refractivity contribution >= 4 is 5.97 Å². The van der Waals surface area contributed by atoms with E-state index in [1.54, 1.807) is 0 Å². The van der Waals surface area contributed by atoms with Gasteiger partial charge in [-0.15, -0.1) is 0 Å². The Balaban J connectivity index is 1.87. The first kappa shape index (κ1) is 10.9. The second-order valence-electron chi connectivity index (χ2n) is 4.90. The van der Waals surface area contributed by atoms with Crippen LogP contribution in [-0.2, 0) is 9.53 Å². The SMILES string of the molecule is NCC(COCC1CC1)(C(=O)O)C1CC1. The molecule has 4 heteroatoms. The molecule has 1 unspecified atom stereocenters. The molecule has 0 aromatic carbocycles. The molecule has 0 aromatic heterocycles. The Morgan fingerprint density at radius 3 is 2.47 bits per heavy atom. The van der Waals surface area contributed by atoms with E-state index in [4.69, 9.17) is 10.5 Å². The van der Waals surface area contributed by atoms with Crippen LogP contribution in [0.5, 0.6) is 0 Å². The lowest BCUT2D eigenvalue weighted by molar-refractivity contribution is -0.154. The van der Waals surface area contributed by atoms with E-state index in [2.05, 4.69) is 0 Å². The van der Waals surface area contributed by atoms with Crippen LogP contribution in [0.2, 0.25) is 0 Å². The standard InChI is InChI=1S/C11H19NO3/c12-6-11(10(13)14,9-3-4-9)7-15-5-8-1-2-8/h8-9H,1-7,12H2,(H,13,14). The maximum absolute atomic E-state index is 11.3. The molecule has 0 radical (unpaired) electrons. The number of hydrogen-bond acceptors (Lipinski definition) is 3. The van der Waals surface area contributed by atoms with E-state index >= 15 is 0 Å². The lowest BCUT2D eigenvalue weighted by Gasteiger charge is -2.27. The summed E-state index contributed by atoms with van der Waals surface area (Å²) in [5.74, 6) is 0.121. The largest absolute Gasteiger partial charge is 0.481 e. The maximum atomic E-state index is 11.3. The number of ether oxygens (including phenoxy) is 1. The van der Waals surface area contributed by atoms with Crippen molar-refractivity contribution in [1.82, 2.24) is 0 Å². The topological polar surface area (TPSA) is 72.5 Å². The first-order valence-corrected chi connectivity index (χ1v) is 5.70. The molecule has 0 spiro atoms. The molecular formula is C11H19NO3. The third-order valence-corrected chi connectivity index (χ3v) is 3.56. The Hall–Kier alpha value is -0.610. The van der Waals surface area contributed by atoms with E-state index in [0.717, 1.165) is 12.8 Å².